The van der Waals surface area contributed by atoms with Crippen LogP contribution in [0.25, 0.3) is 6.08 Å². The zero-order valence-electron chi connectivity index (χ0n) is 17.5. The molecular weight excluding hydrogens is 462 g/mol. The zero-order chi connectivity index (χ0) is 23.4. The minimum absolute atomic E-state index is 0.0791. The summed E-state index contributed by atoms with van der Waals surface area (Å²) in [7, 11) is 1.54. The van der Waals surface area contributed by atoms with Gasteiger partial charge in [-0.1, -0.05) is 48.0 Å². The maximum absolute atomic E-state index is 12.9. The molecule has 3 aromatic carbocycles. The van der Waals surface area contributed by atoms with E-state index in [4.69, 9.17) is 21.1 Å². The number of ether oxygens (including phenoxy) is 2. The van der Waals surface area contributed by atoms with Gasteiger partial charge in [-0.05, 0) is 59.8 Å². The van der Waals surface area contributed by atoms with Crippen molar-refractivity contribution < 1.29 is 23.9 Å². The molecule has 3 aromatic rings. The second-order valence-electron chi connectivity index (χ2n) is 7.02. The molecule has 33 heavy (non-hydrogen) atoms. The lowest BCUT2D eigenvalue weighted by Crippen LogP contribution is -2.27. The molecule has 166 valence electrons. The van der Waals surface area contributed by atoms with Crippen LogP contribution >= 0.6 is 23.4 Å². The van der Waals surface area contributed by atoms with Crippen LogP contribution in [0.2, 0.25) is 5.02 Å². The maximum atomic E-state index is 12.9. The third-order valence-electron chi connectivity index (χ3n) is 4.89. The van der Waals surface area contributed by atoms with Crippen molar-refractivity contribution in [1.29, 1.82) is 0 Å². The van der Waals surface area contributed by atoms with Crippen LogP contribution in [0.15, 0.2) is 77.7 Å². The number of carbonyl (C=O) groups excluding carboxylic acids is 3. The van der Waals surface area contributed by atoms with E-state index in [1.807, 2.05) is 0 Å². The molecular formula is C25H18ClNO5S. The monoisotopic (exact) mass is 479 g/mol. The lowest BCUT2D eigenvalue weighted by atomic mass is 10.1. The number of halogens is 1. The Morgan fingerprint density at radius 3 is 2.42 bits per heavy atom. The van der Waals surface area contributed by atoms with Gasteiger partial charge in [-0.25, -0.2) is 4.79 Å². The Morgan fingerprint density at radius 2 is 1.70 bits per heavy atom. The lowest BCUT2D eigenvalue weighted by Gasteiger charge is -2.13. The van der Waals surface area contributed by atoms with Gasteiger partial charge >= 0.3 is 5.97 Å². The van der Waals surface area contributed by atoms with E-state index >= 15 is 0 Å². The summed E-state index contributed by atoms with van der Waals surface area (Å²) < 4.78 is 10.7. The van der Waals surface area contributed by atoms with Crippen LogP contribution in [0, 0.1) is 0 Å². The molecule has 1 heterocycles. The molecule has 6 nitrogen and oxygen atoms in total. The minimum Gasteiger partial charge on any atom is -0.497 e. The van der Waals surface area contributed by atoms with E-state index in [0.717, 1.165) is 16.7 Å². The molecule has 0 saturated carbocycles. The number of benzene rings is 3. The number of rotatable bonds is 6. The number of imide groups is 1. The normalized spacial score (nSPS) is 14.6. The van der Waals surface area contributed by atoms with E-state index in [2.05, 4.69) is 0 Å². The number of nitrogens with zero attached hydrogens (tertiary/aromatic N) is 1. The summed E-state index contributed by atoms with van der Waals surface area (Å²) in [6, 6.07) is 20.4. The van der Waals surface area contributed by atoms with Gasteiger partial charge in [0.15, 0.2) is 0 Å². The lowest BCUT2D eigenvalue weighted by molar-refractivity contribution is -0.123. The molecule has 0 radical (unpaired) electrons. The third-order valence-corrected chi connectivity index (χ3v) is 6.17. The Morgan fingerprint density at radius 1 is 1.00 bits per heavy atom. The number of thioether (sulfide) groups is 1. The largest absolute Gasteiger partial charge is 0.497 e. The van der Waals surface area contributed by atoms with Crippen molar-refractivity contribution in [2.45, 2.75) is 6.54 Å². The van der Waals surface area contributed by atoms with E-state index in [0.29, 0.717) is 27.5 Å². The average Bonchev–Trinajstić information content (AvgIpc) is 3.09. The number of amides is 2. The molecule has 2 amide bonds. The average molecular weight is 480 g/mol. The van der Waals surface area contributed by atoms with Crippen molar-refractivity contribution in [3.05, 3.63) is 99.4 Å². The van der Waals surface area contributed by atoms with Gasteiger partial charge in [0.2, 0.25) is 0 Å². The molecule has 1 aliphatic heterocycles. The quantitative estimate of drug-likeness (QED) is 0.252. The van der Waals surface area contributed by atoms with Crippen LogP contribution in [0.1, 0.15) is 21.5 Å². The second-order valence-corrected chi connectivity index (χ2v) is 8.42. The van der Waals surface area contributed by atoms with Crippen molar-refractivity contribution in [3.8, 4) is 11.5 Å². The second kappa shape index (κ2) is 9.94. The predicted octanol–water partition coefficient (Wildman–Crippen LogP) is 5.80. The Kier molecular flexibility index (Phi) is 6.82. The van der Waals surface area contributed by atoms with Crippen LogP contribution in [0.3, 0.4) is 0 Å². The van der Waals surface area contributed by atoms with E-state index < -0.39 is 11.9 Å². The molecule has 0 spiro atoms. The van der Waals surface area contributed by atoms with Crippen molar-refractivity contribution in [2.24, 2.45) is 0 Å². The van der Waals surface area contributed by atoms with Crippen molar-refractivity contribution >= 4 is 46.6 Å². The summed E-state index contributed by atoms with van der Waals surface area (Å²) in [5.41, 5.74) is 1.53. The first-order valence-corrected chi connectivity index (χ1v) is 11.1. The van der Waals surface area contributed by atoms with Gasteiger partial charge in [0.1, 0.15) is 11.5 Å². The molecule has 0 bridgehead atoms. The number of methoxy groups -OCH3 is 1. The molecule has 0 aliphatic carbocycles. The number of carbonyl (C=O) groups is 3. The van der Waals surface area contributed by atoms with Gasteiger partial charge < -0.3 is 9.47 Å². The molecule has 0 atom stereocenters. The van der Waals surface area contributed by atoms with Gasteiger partial charge in [0, 0.05) is 10.6 Å². The number of hydrogen-bond donors (Lipinski definition) is 0. The highest BCUT2D eigenvalue weighted by atomic mass is 35.5. The zero-order valence-corrected chi connectivity index (χ0v) is 19.1. The van der Waals surface area contributed by atoms with Crippen molar-refractivity contribution in [3.63, 3.8) is 0 Å². The Hall–Kier alpha value is -3.55. The molecule has 1 fully saturated rings. The highest BCUT2D eigenvalue weighted by molar-refractivity contribution is 8.18. The summed E-state index contributed by atoms with van der Waals surface area (Å²) in [5, 5.41) is 0.0928. The number of para-hydroxylation sites is 1. The number of esters is 1. The first-order valence-electron chi connectivity index (χ1n) is 9.90. The SMILES string of the molecule is COc1ccc(C(=O)Oc2ccccc2/C=C2\SC(=O)N(Cc3ccccc3Cl)C2=O)cc1. The van der Waals surface area contributed by atoms with Crippen molar-refractivity contribution in [2.75, 3.05) is 7.11 Å². The molecule has 0 aromatic heterocycles. The third kappa shape index (κ3) is 5.10. The van der Waals surface area contributed by atoms with Crippen molar-refractivity contribution in [1.82, 2.24) is 4.90 Å². The van der Waals surface area contributed by atoms with E-state index in [1.54, 1.807) is 86.0 Å². The van der Waals surface area contributed by atoms with Crippen LogP contribution in [-0.4, -0.2) is 29.1 Å². The summed E-state index contributed by atoms with van der Waals surface area (Å²) in [5.74, 6) is -0.0813. The summed E-state index contributed by atoms with van der Waals surface area (Å²) >= 11 is 7.01. The summed E-state index contributed by atoms with van der Waals surface area (Å²) in [4.78, 5) is 39.3. The summed E-state index contributed by atoms with van der Waals surface area (Å²) in [6.07, 6.45) is 1.55. The molecule has 0 unspecified atom stereocenters. The van der Waals surface area contributed by atoms with Crippen LogP contribution in [0.5, 0.6) is 11.5 Å². The molecule has 1 aliphatic rings. The maximum Gasteiger partial charge on any atom is 0.343 e. The first-order chi connectivity index (χ1) is 16.0. The Labute approximate surface area is 199 Å². The highest BCUT2D eigenvalue weighted by Crippen LogP contribution is 2.35. The fourth-order valence-corrected chi connectivity index (χ4v) is 4.18. The fourth-order valence-electron chi connectivity index (χ4n) is 3.15. The van der Waals surface area contributed by atoms with Crippen LogP contribution < -0.4 is 9.47 Å². The van der Waals surface area contributed by atoms with E-state index in [-0.39, 0.29) is 22.4 Å². The molecule has 4 rings (SSSR count). The van der Waals surface area contributed by atoms with E-state index in [1.165, 1.54) is 0 Å². The predicted molar refractivity (Wildman–Crippen MR) is 127 cm³/mol. The van der Waals surface area contributed by atoms with Gasteiger partial charge in [-0.3, -0.25) is 14.5 Å². The van der Waals surface area contributed by atoms with Gasteiger partial charge in [-0.2, -0.15) is 0 Å². The van der Waals surface area contributed by atoms with Crippen LogP contribution in [-0.2, 0) is 11.3 Å². The minimum atomic E-state index is -0.551. The smallest absolute Gasteiger partial charge is 0.343 e. The van der Waals surface area contributed by atoms with E-state index in [9.17, 15) is 14.4 Å². The van der Waals surface area contributed by atoms with Crippen LogP contribution in [0.4, 0.5) is 4.79 Å². The topological polar surface area (TPSA) is 72.9 Å². The van der Waals surface area contributed by atoms with Gasteiger partial charge in [-0.15, -0.1) is 0 Å². The fraction of sp³-hybridized carbons (Fsp3) is 0.0800. The molecule has 0 N–H and O–H groups in total. The standard InChI is InChI=1S/C25H18ClNO5S/c1-31-19-12-10-16(11-13-19)24(29)32-21-9-5-3-6-17(21)14-22-23(28)27(25(30)33-22)15-18-7-2-4-8-20(18)26/h2-14H,15H2,1H3/b22-14-. The molecule has 8 heteroatoms. The highest BCUT2D eigenvalue weighted by Gasteiger charge is 2.35. The Balaban J connectivity index is 1.54. The number of hydrogen-bond acceptors (Lipinski definition) is 6. The van der Waals surface area contributed by atoms with Gasteiger partial charge in [0.05, 0.1) is 24.1 Å². The summed E-state index contributed by atoms with van der Waals surface area (Å²) in [6.45, 7) is 0.0791. The molecule has 1 saturated heterocycles. The Bertz CT molecular complexity index is 1260. The first kappa shape index (κ1) is 22.6. The van der Waals surface area contributed by atoms with Gasteiger partial charge in [0.25, 0.3) is 11.1 Å².